The molecule has 1 saturated heterocycles. The molecular formula is C33H32N4O6. The first-order valence-corrected chi connectivity index (χ1v) is 14.2. The van der Waals surface area contributed by atoms with Crippen LogP contribution in [0.4, 0.5) is 10.5 Å². The highest BCUT2D eigenvalue weighted by molar-refractivity contribution is 6.24. The number of anilines is 1. The number of carboxylic acid groups (broad SMARTS) is 1. The molecule has 4 atom stereocenters. The first-order valence-electron chi connectivity index (χ1n) is 14.2. The molecule has 10 nitrogen and oxygen atoms in total. The van der Waals surface area contributed by atoms with Crippen molar-refractivity contribution >= 4 is 40.4 Å². The number of carboxylic acids is 1. The number of imide groups is 1. The molecule has 220 valence electrons. The van der Waals surface area contributed by atoms with Gasteiger partial charge in [0.2, 0.25) is 0 Å². The van der Waals surface area contributed by atoms with E-state index in [9.17, 15) is 29.4 Å². The summed E-state index contributed by atoms with van der Waals surface area (Å²) < 4.78 is 0. The molecule has 0 aliphatic carbocycles. The molecule has 4 amide bonds. The molecule has 1 fully saturated rings. The Kier molecular flexibility index (Phi) is 7.01. The van der Waals surface area contributed by atoms with Crippen molar-refractivity contribution in [1.82, 2.24) is 15.2 Å². The zero-order chi connectivity index (χ0) is 30.6. The van der Waals surface area contributed by atoms with Gasteiger partial charge in [-0.25, -0.2) is 14.5 Å². The third kappa shape index (κ3) is 4.64. The average molecular weight is 581 g/mol. The van der Waals surface area contributed by atoms with Gasteiger partial charge in [-0.15, -0.1) is 0 Å². The molecule has 0 saturated carbocycles. The number of aromatic amines is 1. The molecule has 2 unspecified atom stereocenters. The molecule has 0 spiro atoms. The molecule has 0 radical (unpaired) electrons. The summed E-state index contributed by atoms with van der Waals surface area (Å²) in [5, 5.41) is 22.6. The highest BCUT2D eigenvalue weighted by Crippen LogP contribution is 2.45. The number of aliphatic hydroxyl groups excluding tert-OH is 1. The summed E-state index contributed by atoms with van der Waals surface area (Å²) in [6.07, 6.45) is -1.08. The zero-order valence-electron chi connectivity index (χ0n) is 23.9. The van der Waals surface area contributed by atoms with E-state index in [0.717, 1.165) is 38.2 Å². The number of fused-ring (bicyclic) bond motifs is 4. The summed E-state index contributed by atoms with van der Waals surface area (Å²) in [5.74, 6) is -2.40. The van der Waals surface area contributed by atoms with Gasteiger partial charge in [-0.1, -0.05) is 68.4 Å². The van der Waals surface area contributed by atoms with Crippen molar-refractivity contribution in [2.75, 3.05) is 4.90 Å². The van der Waals surface area contributed by atoms with Crippen LogP contribution < -0.4 is 10.2 Å². The number of nitrogens with zero attached hydrogens (tertiary/aromatic N) is 2. The van der Waals surface area contributed by atoms with Gasteiger partial charge in [-0.05, 0) is 47.7 Å². The summed E-state index contributed by atoms with van der Waals surface area (Å²) in [5.41, 5.74) is 4.70. The Morgan fingerprint density at radius 3 is 2.30 bits per heavy atom. The number of aliphatic hydroxyl groups is 1. The maximum atomic E-state index is 14.3. The van der Waals surface area contributed by atoms with Crippen LogP contribution in [0.1, 0.15) is 65.5 Å². The highest BCUT2D eigenvalue weighted by atomic mass is 16.4. The van der Waals surface area contributed by atoms with E-state index in [1.54, 1.807) is 17.0 Å². The van der Waals surface area contributed by atoms with Crippen molar-refractivity contribution in [3.63, 3.8) is 0 Å². The van der Waals surface area contributed by atoms with Gasteiger partial charge in [0.25, 0.3) is 11.8 Å². The monoisotopic (exact) mass is 580 g/mol. The van der Waals surface area contributed by atoms with E-state index >= 15 is 0 Å². The Hall–Kier alpha value is -4.96. The van der Waals surface area contributed by atoms with Crippen LogP contribution in [0.25, 0.3) is 10.9 Å². The molecule has 1 aromatic heterocycles. The van der Waals surface area contributed by atoms with Crippen LogP contribution in [0.2, 0.25) is 0 Å². The number of aromatic nitrogens is 1. The molecular weight excluding hydrogens is 548 g/mol. The largest absolute Gasteiger partial charge is 0.480 e. The normalized spacial score (nSPS) is 19.4. The number of rotatable bonds is 7. The first kappa shape index (κ1) is 28.2. The van der Waals surface area contributed by atoms with Crippen LogP contribution in [0.5, 0.6) is 0 Å². The minimum atomic E-state index is -1.58. The Morgan fingerprint density at radius 1 is 0.953 bits per heavy atom. The molecule has 2 aliphatic rings. The van der Waals surface area contributed by atoms with E-state index in [1.807, 2.05) is 48.5 Å². The molecule has 4 N–H and O–H groups in total. The van der Waals surface area contributed by atoms with Gasteiger partial charge < -0.3 is 20.5 Å². The number of H-pyrrole nitrogens is 1. The van der Waals surface area contributed by atoms with Crippen molar-refractivity contribution in [1.29, 1.82) is 0 Å². The summed E-state index contributed by atoms with van der Waals surface area (Å²) >= 11 is 0. The lowest BCUT2D eigenvalue weighted by molar-refractivity contribution is -0.141. The number of urea groups is 1. The predicted molar refractivity (Wildman–Crippen MR) is 160 cm³/mol. The molecule has 2 aliphatic heterocycles. The van der Waals surface area contributed by atoms with Crippen LogP contribution in [0.3, 0.4) is 0 Å². The fourth-order valence-electron chi connectivity index (χ4n) is 6.17. The van der Waals surface area contributed by atoms with Crippen LogP contribution >= 0.6 is 0 Å². The summed E-state index contributed by atoms with van der Waals surface area (Å²) in [4.78, 5) is 59.4. The van der Waals surface area contributed by atoms with E-state index in [-0.39, 0.29) is 11.3 Å². The molecule has 3 heterocycles. The molecule has 10 heteroatoms. The Morgan fingerprint density at radius 2 is 1.63 bits per heavy atom. The minimum Gasteiger partial charge on any atom is -0.480 e. The SMILES string of the molecule is CC(C)c1ccc(C2c3[nH]c4ccccc4c3C[C@H]3C(=O)N(c4ccccc4C(=O)N[C@@H](C(=O)O)C(C)O)C(=O)N23)cc1. The van der Waals surface area contributed by atoms with Crippen molar-refractivity contribution < 1.29 is 29.4 Å². The van der Waals surface area contributed by atoms with Crippen molar-refractivity contribution in [3.05, 3.63) is 101 Å². The maximum Gasteiger partial charge on any atom is 0.332 e. The fraction of sp³-hybridized carbons (Fsp3) is 0.273. The number of benzene rings is 3. The van der Waals surface area contributed by atoms with Crippen LogP contribution in [0.15, 0.2) is 72.8 Å². The molecule has 3 aromatic carbocycles. The third-order valence-electron chi connectivity index (χ3n) is 8.39. The van der Waals surface area contributed by atoms with Crippen LogP contribution in [-0.2, 0) is 16.0 Å². The minimum absolute atomic E-state index is 0.0431. The maximum absolute atomic E-state index is 14.3. The number of amides is 4. The Bertz CT molecular complexity index is 1760. The predicted octanol–water partition coefficient (Wildman–Crippen LogP) is 4.34. The lowest BCUT2D eigenvalue weighted by Gasteiger charge is -2.36. The second-order valence-corrected chi connectivity index (χ2v) is 11.4. The van der Waals surface area contributed by atoms with Gasteiger partial charge in [0.1, 0.15) is 12.1 Å². The zero-order valence-corrected chi connectivity index (χ0v) is 23.9. The number of hydrogen-bond donors (Lipinski definition) is 4. The molecule has 0 bridgehead atoms. The number of carbonyl (C=O) groups is 4. The summed E-state index contributed by atoms with van der Waals surface area (Å²) in [7, 11) is 0. The van der Waals surface area contributed by atoms with Crippen molar-refractivity contribution in [2.24, 2.45) is 0 Å². The van der Waals surface area contributed by atoms with Crippen molar-refractivity contribution in [2.45, 2.75) is 57.3 Å². The van der Waals surface area contributed by atoms with Gasteiger partial charge in [0, 0.05) is 23.0 Å². The topological polar surface area (TPSA) is 143 Å². The fourth-order valence-corrected chi connectivity index (χ4v) is 6.17. The van der Waals surface area contributed by atoms with Crippen LogP contribution in [0, 0.1) is 0 Å². The number of nitrogens with one attached hydrogen (secondary N) is 2. The number of para-hydroxylation sites is 2. The van der Waals surface area contributed by atoms with Gasteiger partial charge in [0.05, 0.1) is 17.4 Å². The lowest BCUT2D eigenvalue weighted by Crippen LogP contribution is -2.48. The first-order chi connectivity index (χ1) is 20.6. The quantitative estimate of drug-likeness (QED) is 0.240. The number of carbonyl (C=O) groups excluding carboxylic acids is 3. The van der Waals surface area contributed by atoms with Gasteiger partial charge in [-0.2, -0.15) is 0 Å². The summed E-state index contributed by atoms with van der Waals surface area (Å²) in [6.45, 7) is 5.47. The van der Waals surface area contributed by atoms with E-state index in [4.69, 9.17) is 0 Å². The van der Waals surface area contributed by atoms with Crippen LogP contribution in [-0.4, -0.2) is 62.1 Å². The van der Waals surface area contributed by atoms with E-state index in [2.05, 4.69) is 24.1 Å². The molecule has 43 heavy (non-hydrogen) atoms. The average Bonchev–Trinajstić information content (AvgIpc) is 3.48. The third-order valence-corrected chi connectivity index (χ3v) is 8.39. The van der Waals surface area contributed by atoms with E-state index in [1.165, 1.54) is 19.1 Å². The second kappa shape index (κ2) is 10.7. The van der Waals surface area contributed by atoms with Gasteiger partial charge in [-0.3, -0.25) is 14.5 Å². The van der Waals surface area contributed by atoms with Gasteiger partial charge >= 0.3 is 12.0 Å². The Balaban J connectivity index is 1.44. The smallest absolute Gasteiger partial charge is 0.332 e. The molecule has 6 rings (SSSR count). The standard InChI is InChI=1S/C33H32N4O6/c1-17(2)19-12-14-20(15-13-19)29-28-23(21-8-4-6-10-24(21)34-28)16-26-31(40)37(33(43)36(26)29)25-11-7-5-9-22(25)30(39)35-27(18(3)38)32(41)42/h4-15,17-18,26-27,29,34,38H,16H2,1-3H3,(H,35,39)(H,41,42)/t18?,26-,27+,29?/m0/s1. The van der Waals surface area contributed by atoms with Gasteiger partial charge in [0.15, 0.2) is 6.04 Å². The lowest BCUT2D eigenvalue weighted by atomic mass is 9.88. The number of aliphatic carboxylic acids is 1. The van der Waals surface area contributed by atoms with E-state index < -0.39 is 48.0 Å². The number of hydrogen-bond acceptors (Lipinski definition) is 5. The molecule has 4 aromatic rings. The van der Waals surface area contributed by atoms with Crippen molar-refractivity contribution in [3.8, 4) is 0 Å². The highest BCUT2D eigenvalue weighted by Gasteiger charge is 2.53. The Labute approximate surface area is 247 Å². The van der Waals surface area contributed by atoms with E-state index in [0.29, 0.717) is 12.3 Å². The summed E-state index contributed by atoms with van der Waals surface area (Å²) in [6, 6.07) is 18.4. The second-order valence-electron chi connectivity index (χ2n) is 11.4.